The van der Waals surface area contributed by atoms with Gasteiger partial charge in [0.15, 0.2) is 12.6 Å². The van der Waals surface area contributed by atoms with Crippen molar-refractivity contribution in [3.8, 4) is 34.5 Å². The SMILES string of the molecule is C=C/C=C\C[C@@H](Oc1cc(OC)c(C=O)c(OC)c1)C(C)Oc1cc(OC)c(C=O)c(OC)c1. The van der Waals surface area contributed by atoms with E-state index in [1.54, 1.807) is 30.3 Å². The van der Waals surface area contributed by atoms with E-state index in [0.29, 0.717) is 64.6 Å². The van der Waals surface area contributed by atoms with Crippen molar-refractivity contribution in [1.82, 2.24) is 0 Å². The average molecular weight is 471 g/mol. The Kier molecular flexibility index (Phi) is 10.0. The molecule has 0 heterocycles. The summed E-state index contributed by atoms with van der Waals surface area (Å²) in [6.07, 6.45) is 6.31. The molecular weight excluding hydrogens is 440 g/mol. The number of hydrogen-bond donors (Lipinski definition) is 0. The molecule has 0 bridgehead atoms. The highest BCUT2D eigenvalue weighted by atomic mass is 16.5. The van der Waals surface area contributed by atoms with E-state index in [1.165, 1.54) is 28.4 Å². The van der Waals surface area contributed by atoms with E-state index in [-0.39, 0.29) is 0 Å². The van der Waals surface area contributed by atoms with Crippen molar-refractivity contribution in [1.29, 1.82) is 0 Å². The number of carbonyl (C=O) groups excluding carboxylic acids is 2. The lowest BCUT2D eigenvalue weighted by Gasteiger charge is -2.26. The third-order valence-electron chi connectivity index (χ3n) is 5.04. The van der Waals surface area contributed by atoms with E-state index in [2.05, 4.69) is 6.58 Å². The highest BCUT2D eigenvalue weighted by Gasteiger charge is 2.23. The lowest BCUT2D eigenvalue weighted by Crippen LogP contribution is -2.33. The maximum atomic E-state index is 11.5. The molecule has 0 saturated carbocycles. The van der Waals surface area contributed by atoms with Gasteiger partial charge in [-0.25, -0.2) is 0 Å². The molecule has 2 aromatic rings. The number of allylic oxidation sites excluding steroid dienone is 2. The Morgan fingerprint density at radius 2 is 1.18 bits per heavy atom. The van der Waals surface area contributed by atoms with Gasteiger partial charge in [0, 0.05) is 30.7 Å². The zero-order valence-electron chi connectivity index (χ0n) is 20.0. The zero-order valence-corrected chi connectivity index (χ0v) is 20.0. The second kappa shape index (κ2) is 12.9. The molecule has 1 unspecified atom stereocenters. The Hall–Kier alpha value is -3.94. The van der Waals surface area contributed by atoms with Gasteiger partial charge in [-0.1, -0.05) is 24.8 Å². The fraction of sp³-hybridized carbons (Fsp3) is 0.308. The minimum atomic E-state index is -0.450. The first-order valence-electron chi connectivity index (χ1n) is 10.5. The second-order valence-corrected chi connectivity index (χ2v) is 7.10. The third kappa shape index (κ3) is 6.31. The van der Waals surface area contributed by atoms with Crippen LogP contribution in [0.3, 0.4) is 0 Å². The molecule has 0 amide bonds. The van der Waals surface area contributed by atoms with E-state index in [1.807, 2.05) is 19.1 Å². The first kappa shape index (κ1) is 26.3. The molecule has 0 aliphatic carbocycles. The first-order valence-corrected chi connectivity index (χ1v) is 10.5. The highest BCUT2D eigenvalue weighted by molar-refractivity contribution is 5.85. The summed E-state index contributed by atoms with van der Waals surface area (Å²) in [6.45, 7) is 5.55. The van der Waals surface area contributed by atoms with Crippen LogP contribution in [0.4, 0.5) is 0 Å². The molecule has 0 N–H and O–H groups in total. The van der Waals surface area contributed by atoms with E-state index in [9.17, 15) is 9.59 Å². The molecule has 0 spiro atoms. The van der Waals surface area contributed by atoms with Crippen LogP contribution in [-0.4, -0.2) is 53.2 Å². The van der Waals surface area contributed by atoms with Gasteiger partial charge in [-0.2, -0.15) is 0 Å². The summed E-state index contributed by atoms with van der Waals surface area (Å²) in [5.74, 6) is 2.21. The van der Waals surface area contributed by atoms with E-state index >= 15 is 0 Å². The Morgan fingerprint density at radius 1 is 0.765 bits per heavy atom. The Labute approximate surface area is 199 Å². The highest BCUT2D eigenvalue weighted by Crippen LogP contribution is 2.35. The van der Waals surface area contributed by atoms with E-state index in [0.717, 1.165) is 0 Å². The van der Waals surface area contributed by atoms with Gasteiger partial charge >= 0.3 is 0 Å². The Bertz CT molecular complexity index is 977. The molecule has 2 aromatic carbocycles. The molecular formula is C26H30O8. The second-order valence-electron chi connectivity index (χ2n) is 7.10. The monoisotopic (exact) mass is 470 g/mol. The summed E-state index contributed by atoms with van der Waals surface area (Å²) in [5.41, 5.74) is 0.584. The van der Waals surface area contributed by atoms with Crippen LogP contribution in [0.5, 0.6) is 34.5 Å². The van der Waals surface area contributed by atoms with Crippen molar-refractivity contribution in [2.75, 3.05) is 28.4 Å². The van der Waals surface area contributed by atoms with Crippen LogP contribution >= 0.6 is 0 Å². The number of methoxy groups -OCH3 is 4. The fourth-order valence-corrected chi connectivity index (χ4v) is 3.31. The van der Waals surface area contributed by atoms with Gasteiger partial charge in [0.05, 0.1) is 39.6 Å². The van der Waals surface area contributed by atoms with Gasteiger partial charge in [-0.05, 0) is 6.92 Å². The minimum Gasteiger partial charge on any atom is -0.496 e. The predicted molar refractivity (Wildman–Crippen MR) is 128 cm³/mol. The maximum Gasteiger partial charge on any atom is 0.157 e. The van der Waals surface area contributed by atoms with Crippen molar-refractivity contribution < 1.29 is 38.0 Å². The van der Waals surface area contributed by atoms with Crippen LogP contribution in [0, 0.1) is 0 Å². The van der Waals surface area contributed by atoms with Gasteiger partial charge in [0.25, 0.3) is 0 Å². The van der Waals surface area contributed by atoms with Gasteiger partial charge in [-0.3, -0.25) is 9.59 Å². The van der Waals surface area contributed by atoms with Crippen LogP contribution in [0.25, 0.3) is 0 Å². The van der Waals surface area contributed by atoms with Crippen LogP contribution in [0.1, 0.15) is 34.1 Å². The van der Waals surface area contributed by atoms with Gasteiger partial charge < -0.3 is 28.4 Å². The van der Waals surface area contributed by atoms with Crippen molar-refractivity contribution >= 4 is 12.6 Å². The topological polar surface area (TPSA) is 89.5 Å². The number of hydrogen-bond acceptors (Lipinski definition) is 8. The Balaban J connectivity index is 2.38. The van der Waals surface area contributed by atoms with Crippen molar-refractivity contribution in [3.05, 3.63) is 60.2 Å². The standard InChI is InChI=1S/C26H30O8/c1-7-8-9-10-22(34-19-13-25(31-5)21(16-28)26(14-19)32-6)17(2)33-18-11-23(29-3)20(15-27)24(12-18)30-4/h7-9,11-17,22H,1,10H2,2-6H3/b9-8-/t17?,22-/m1/s1. The van der Waals surface area contributed by atoms with Gasteiger partial charge in [0.1, 0.15) is 46.7 Å². The molecule has 182 valence electrons. The molecule has 0 aliphatic rings. The molecule has 2 rings (SSSR count). The molecule has 8 heteroatoms. The van der Waals surface area contributed by atoms with Crippen LogP contribution in [0.2, 0.25) is 0 Å². The number of aldehydes is 2. The third-order valence-corrected chi connectivity index (χ3v) is 5.04. The number of ether oxygens (including phenoxy) is 6. The molecule has 0 fully saturated rings. The minimum absolute atomic E-state index is 0.291. The van der Waals surface area contributed by atoms with Crippen molar-refractivity contribution in [2.24, 2.45) is 0 Å². The zero-order chi connectivity index (χ0) is 25.1. The smallest absolute Gasteiger partial charge is 0.157 e. The normalized spacial score (nSPS) is 12.4. The largest absolute Gasteiger partial charge is 0.496 e. The molecule has 2 atom stereocenters. The summed E-state index contributed by atoms with van der Waals surface area (Å²) in [7, 11) is 5.85. The summed E-state index contributed by atoms with van der Waals surface area (Å²) in [6, 6.07) is 6.47. The van der Waals surface area contributed by atoms with Crippen molar-refractivity contribution in [2.45, 2.75) is 25.6 Å². The van der Waals surface area contributed by atoms with Crippen LogP contribution in [0.15, 0.2) is 49.1 Å². The number of rotatable bonds is 14. The summed E-state index contributed by atoms with van der Waals surface area (Å²) >= 11 is 0. The molecule has 0 saturated heterocycles. The number of carbonyl (C=O) groups is 2. The summed E-state index contributed by atoms with van der Waals surface area (Å²) in [5, 5.41) is 0. The maximum absolute atomic E-state index is 11.5. The van der Waals surface area contributed by atoms with E-state index < -0.39 is 12.2 Å². The van der Waals surface area contributed by atoms with Crippen LogP contribution < -0.4 is 28.4 Å². The molecule has 0 aliphatic heterocycles. The van der Waals surface area contributed by atoms with Crippen molar-refractivity contribution in [3.63, 3.8) is 0 Å². The molecule has 0 aromatic heterocycles. The molecule has 0 radical (unpaired) electrons. The summed E-state index contributed by atoms with van der Waals surface area (Å²) < 4.78 is 33.6. The average Bonchev–Trinajstić information content (AvgIpc) is 2.86. The fourth-order valence-electron chi connectivity index (χ4n) is 3.31. The summed E-state index contributed by atoms with van der Waals surface area (Å²) in [4.78, 5) is 22.9. The van der Waals surface area contributed by atoms with Gasteiger partial charge in [0.2, 0.25) is 0 Å². The van der Waals surface area contributed by atoms with Gasteiger partial charge in [-0.15, -0.1) is 0 Å². The molecule has 8 nitrogen and oxygen atoms in total. The lowest BCUT2D eigenvalue weighted by atomic mass is 10.1. The first-order chi connectivity index (χ1) is 16.5. The quantitative estimate of drug-likeness (QED) is 0.290. The van der Waals surface area contributed by atoms with Crippen LogP contribution in [-0.2, 0) is 0 Å². The van der Waals surface area contributed by atoms with E-state index in [4.69, 9.17) is 28.4 Å². The lowest BCUT2D eigenvalue weighted by molar-refractivity contribution is 0.0668. The Morgan fingerprint density at radius 3 is 1.53 bits per heavy atom. The predicted octanol–water partition coefficient (Wildman–Crippen LogP) is 4.69. The molecule has 34 heavy (non-hydrogen) atoms. The number of benzene rings is 2.